The molecule has 0 unspecified atom stereocenters. The maximum absolute atomic E-state index is 12.9. The van der Waals surface area contributed by atoms with Crippen LogP contribution in [0.4, 0.5) is 5.69 Å². The summed E-state index contributed by atoms with van der Waals surface area (Å²) < 4.78 is 7.31. The van der Waals surface area contributed by atoms with Crippen LogP contribution in [0.2, 0.25) is 0 Å². The van der Waals surface area contributed by atoms with Crippen LogP contribution in [-0.4, -0.2) is 90.0 Å². The molecule has 2 fully saturated rings. The Morgan fingerprint density at radius 3 is 2.51 bits per heavy atom. The van der Waals surface area contributed by atoms with Gasteiger partial charge in [-0.2, -0.15) is 4.98 Å². The first-order valence-corrected chi connectivity index (χ1v) is 13.8. The molecule has 3 heterocycles. The third-order valence-electron chi connectivity index (χ3n) is 7.25. The zero-order valence-electron chi connectivity index (χ0n) is 20.4. The molecule has 0 spiro atoms. The summed E-state index contributed by atoms with van der Waals surface area (Å²) in [4.78, 5) is 36.9. The lowest BCUT2D eigenvalue weighted by molar-refractivity contribution is -0.128. The van der Waals surface area contributed by atoms with E-state index in [0.717, 1.165) is 95.4 Å². The standard InChI is InChI=1S/C26H35N5O3S/c32-24(30-14-12-29(13-15-30)21-6-2-1-3-7-21)20-35-25-22-8-4-9-23(22)31(26(33)27-25)11-5-10-28-16-18-34-19-17-28/h1-3,6-7H,4-5,8-20H2. The van der Waals surface area contributed by atoms with Crippen LogP contribution >= 0.6 is 11.8 Å². The Bertz CT molecular complexity index is 1060. The molecule has 1 aromatic heterocycles. The highest BCUT2D eigenvalue weighted by Gasteiger charge is 2.25. The van der Waals surface area contributed by atoms with Crippen LogP contribution in [0.5, 0.6) is 0 Å². The van der Waals surface area contributed by atoms with E-state index in [1.54, 1.807) is 0 Å². The topological polar surface area (TPSA) is 70.9 Å². The van der Waals surface area contributed by atoms with E-state index in [4.69, 9.17) is 4.74 Å². The lowest BCUT2D eigenvalue weighted by atomic mass is 10.2. The molecule has 0 bridgehead atoms. The van der Waals surface area contributed by atoms with Gasteiger partial charge in [0.2, 0.25) is 5.91 Å². The fraction of sp³-hybridized carbons (Fsp3) is 0.577. The minimum absolute atomic E-state index is 0.131. The van der Waals surface area contributed by atoms with Gasteiger partial charge in [-0.25, -0.2) is 4.79 Å². The first-order chi connectivity index (χ1) is 17.2. The molecule has 0 atom stereocenters. The van der Waals surface area contributed by atoms with E-state index in [1.165, 1.54) is 23.0 Å². The third-order valence-corrected chi connectivity index (χ3v) is 8.25. The highest BCUT2D eigenvalue weighted by Crippen LogP contribution is 2.29. The Morgan fingerprint density at radius 1 is 0.971 bits per heavy atom. The quantitative estimate of drug-likeness (QED) is 0.408. The van der Waals surface area contributed by atoms with E-state index in [2.05, 4.69) is 26.9 Å². The van der Waals surface area contributed by atoms with Gasteiger partial charge < -0.3 is 14.5 Å². The zero-order chi connectivity index (χ0) is 24.0. The lowest BCUT2D eigenvalue weighted by Gasteiger charge is -2.36. The van der Waals surface area contributed by atoms with E-state index in [0.29, 0.717) is 12.3 Å². The minimum atomic E-state index is -0.168. The van der Waals surface area contributed by atoms with Crippen LogP contribution in [0.3, 0.4) is 0 Å². The third kappa shape index (κ3) is 5.90. The maximum Gasteiger partial charge on any atom is 0.348 e. The molecule has 2 aromatic rings. The van der Waals surface area contributed by atoms with Crippen molar-refractivity contribution in [1.82, 2.24) is 19.4 Å². The second kappa shape index (κ2) is 11.6. The molecule has 0 N–H and O–H groups in total. The molecule has 1 amide bonds. The van der Waals surface area contributed by atoms with Gasteiger partial charge in [-0.3, -0.25) is 14.3 Å². The highest BCUT2D eigenvalue weighted by atomic mass is 32.2. The summed E-state index contributed by atoms with van der Waals surface area (Å²) in [5, 5.41) is 0.767. The number of carbonyl (C=O) groups excluding carboxylic acids is 1. The van der Waals surface area contributed by atoms with Crippen LogP contribution in [0.25, 0.3) is 0 Å². The first kappa shape index (κ1) is 24.3. The van der Waals surface area contributed by atoms with Gasteiger partial charge in [-0.1, -0.05) is 30.0 Å². The van der Waals surface area contributed by atoms with Crippen LogP contribution in [0.15, 0.2) is 40.2 Å². The summed E-state index contributed by atoms with van der Waals surface area (Å²) in [6, 6.07) is 10.4. The van der Waals surface area contributed by atoms with Gasteiger partial charge >= 0.3 is 5.69 Å². The fourth-order valence-corrected chi connectivity index (χ4v) is 6.27. The van der Waals surface area contributed by atoms with Crippen molar-refractivity contribution in [2.24, 2.45) is 0 Å². The van der Waals surface area contributed by atoms with Crippen LogP contribution in [0.1, 0.15) is 24.1 Å². The van der Waals surface area contributed by atoms with Crippen molar-refractivity contribution in [1.29, 1.82) is 0 Å². The summed E-state index contributed by atoms with van der Waals surface area (Å²) in [6.07, 6.45) is 3.85. The molecule has 9 heteroatoms. The van der Waals surface area contributed by atoms with Gasteiger partial charge in [-0.15, -0.1) is 0 Å². The molecule has 5 rings (SSSR count). The summed E-state index contributed by atoms with van der Waals surface area (Å²) in [6.45, 7) is 8.35. The van der Waals surface area contributed by atoms with E-state index < -0.39 is 0 Å². The van der Waals surface area contributed by atoms with Crippen molar-refractivity contribution in [3.63, 3.8) is 0 Å². The Hall–Kier alpha value is -2.36. The average Bonchev–Trinajstić information content (AvgIpc) is 3.40. The molecule has 3 aliphatic rings. The number of benzene rings is 1. The zero-order valence-corrected chi connectivity index (χ0v) is 21.2. The number of hydrogen-bond donors (Lipinski definition) is 0. The molecule has 2 saturated heterocycles. The number of fused-ring (bicyclic) bond motifs is 1. The Morgan fingerprint density at radius 2 is 1.74 bits per heavy atom. The molecule has 0 radical (unpaired) electrons. The number of ether oxygens (including phenoxy) is 1. The largest absolute Gasteiger partial charge is 0.379 e. The molecule has 8 nitrogen and oxygen atoms in total. The number of hydrogen-bond acceptors (Lipinski definition) is 7. The maximum atomic E-state index is 12.9. The fourth-order valence-electron chi connectivity index (χ4n) is 5.29. The van der Waals surface area contributed by atoms with Gasteiger partial charge in [0.1, 0.15) is 5.03 Å². The first-order valence-electron chi connectivity index (χ1n) is 12.8. The molecular formula is C26H35N5O3S. The van der Waals surface area contributed by atoms with Gasteiger partial charge in [0.25, 0.3) is 0 Å². The van der Waals surface area contributed by atoms with Gasteiger partial charge in [-0.05, 0) is 37.8 Å². The van der Waals surface area contributed by atoms with E-state index in [-0.39, 0.29) is 11.6 Å². The summed E-state index contributed by atoms with van der Waals surface area (Å²) in [5.74, 6) is 0.469. The molecule has 1 aliphatic carbocycles. The molecule has 35 heavy (non-hydrogen) atoms. The molecule has 188 valence electrons. The van der Waals surface area contributed by atoms with E-state index in [9.17, 15) is 9.59 Å². The lowest BCUT2D eigenvalue weighted by Crippen LogP contribution is -2.49. The van der Waals surface area contributed by atoms with Crippen molar-refractivity contribution < 1.29 is 9.53 Å². The molecule has 2 aliphatic heterocycles. The van der Waals surface area contributed by atoms with E-state index >= 15 is 0 Å². The predicted molar refractivity (Wildman–Crippen MR) is 138 cm³/mol. The smallest absolute Gasteiger partial charge is 0.348 e. The SMILES string of the molecule is O=C(CSc1nc(=O)n(CCCN2CCOCC2)c2c1CCC2)N1CCN(c2ccccc2)CC1. The normalized spacial score (nSPS) is 18.6. The predicted octanol–water partition coefficient (Wildman–Crippen LogP) is 1.90. The number of thioether (sulfide) groups is 1. The average molecular weight is 498 g/mol. The molecule has 0 saturated carbocycles. The van der Waals surface area contributed by atoms with Gasteiger partial charge in [0, 0.05) is 69.3 Å². The van der Waals surface area contributed by atoms with Crippen LogP contribution in [-0.2, 0) is 28.9 Å². The Balaban J connectivity index is 1.15. The molecular weight excluding hydrogens is 462 g/mol. The van der Waals surface area contributed by atoms with E-state index in [1.807, 2.05) is 27.7 Å². The van der Waals surface area contributed by atoms with Crippen LogP contribution in [0, 0.1) is 0 Å². The number of carbonyl (C=O) groups is 1. The summed E-state index contributed by atoms with van der Waals surface area (Å²) >= 11 is 1.44. The highest BCUT2D eigenvalue weighted by molar-refractivity contribution is 7.99. The minimum Gasteiger partial charge on any atom is -0.379 e. The number of amides is 1. The van der Waals surface area contributed by atoms with Crippen molar-refractivity contribution in [2.75, 3.05) is 69.7 Å². The van der Waals surface area contributed by atoms with Gasteiger partial charge in [0.05, 0.1) is 19.0 Å². The summed E-state index contributed by atoms with van der Waals surface area (Å²) in [7, 11) is 0. The monoisotopic (exact) mass is 497 g/mol. The second-order valence-corrected chi connectivity index (χ2v) is 10.4. The number of para-hydroxylation sites is 1. The number of piperazine rings is 1. The summed E-state index contributed by atoms with van der Waals surface area (Å²) in [5.41, 5.74) is 3.36. The number of aromatic nitrogens is 2. The van der Waals surface area contributed by atoms with Crippen molar-refractivity contribution in [2.45, 2.75) is 37.3 Å². The van der Waals surface area contributed by atoms with Crippen molar-refractivity contribution in [3.8, 4) is 0 Å². The molecule has 1 aromatic carbocycles. The number of nitrogens with zero attached hydrogens (tertiary/aromatic N) is 5. The van der Waals surface area contributed by atoms with Crippen molar-refractivity contribution >= 4 is 23.4 Å². The van der Waals surface area contributed by atoms with Crippen molar-refractivity contribution in [3.05, 3.63) is 52.1 Å². The van der Waals surface area contributed by atoms with Gasteiger partial charge in [0.15, 0.2) is 0 Å². The van der Waals surface area contributed by atoms with Crippen LogP contribution < -0.4 is 10.6 Å². The number of anilines is 1. The number of morpholine rings is 1. The number of rotatable bonds is 8. The Kier molecular flexibility index (Phi) is 8.06. The second-order valence-electron chi connectivity index (χ2n) is 9.43. The Labute approximate surface area is 211 Å².